The highest BCUT2D eigenvalue weighted by Gasteiger charge is 2.30. The van der Waals surface area contributed by atoms with Gasteiger partial charge in [-0.3, -0.25) is 4.79 Å². The number of carbonyl (C=O) groups is 1. The lowest BCUT2D eigenvalue weighted by atomic mass is 9.82. The van der Waals surface area contributed by atoms with E-state index in [2.05, 4.69) is 0 Å². The van der Waals surface area contributed by atoms with E-state index in [0.29, 0.717) is 5.02 Å². The predicted octanol–water partition coefficient (Wildman–Crippen LogP) is 3.01. The monoisotopic (exact) mass is 212 g/mol. The molecular weight excluding hydrogens is 200 g/mol. The lowest BCUT2D eigenvalue weighted by Gasteiger charge is -2.22. The first-order chi connectivity index (χ1) is 6.35. The molecule has 0 radical (unpaired) electrons. The standard InChI is InChI=1S/C11H13ClO2/c1-7-4-5-8(12)6-9(7)11(2,3)10(13)14/h4-6H,1-3H3,(H,13,14). The van der Waals surface area contributed by atoms with Gasteiger partial charge in [0.15, 0.2) is 0 Å². The van der Waals surface area contributed by atoms with Crippen molar-refractivity contribution in [2.24, 2.45) is 0 Å². The number of hydrogen-bond donors (Lipinski definition) is 1. The molecule has 0 bridgehead atoms. The Balaban J connectivity index is 3.31. The summed E-state index contributed by atoms with van der Waals surface area (Å²) >= 11 is 5.83. The number of carboxylic acids is 1. The van der Waals surface area contributed by atoms with Crippen molar-refractivity contribution in [2.45, 2.75) is 26.2 Å². The van der Waals surface area contributed by atoms with Gasteiger partial charge in [0.25, 0.3) is 0 Å². The highest BCUT2D eigenvalue weighted by atomic mass is 35.5. The van der Waals surface area contributed by atoms with Gasteiger partial charge in [-0.2, -0.15) is 0 Å². The zero-order chi connectivity index (χ0) is 10.9. The molecule has 1 aromatic rings. The average molecular weight is 213 g/mol. The van der Waals surface area contributed by atoms with Crippen LogP contribution in [0.25, 0.3) is 0 Å². The maximum Gasteiger partial charge on any atom is 0.313 e. The lowest BCUT2D eigenvalue weighted by molar-refractivity contribution is -0.142. The van der Waals surface area contributed by atoms with Crippen LogP contribution >= 0.6 is 11.6 Å². The molecule has 1 rings (SSSR count). The Morgan fingerprint density at radius 1 is 1.43 bits per heavy atom. The van der Waals surface area contributed by atoms with Crippen LogP contribution in [0.5, 0.6) is 0 Å². The molecule has 0 amide bonds. The highest BCUT2D eigenvalue weighted by Crippen LogP contribution is 2.28. The number of halogens is 1. The second-order valence-electron chi connectivity index (χ2n) is 3.89. The summed E-state index contributed by atoms with van der Waals surface area (Å²) in [6.45, 7) is 5.23. The SMILES string of the molecule is Cc1ccc(Cl)cc1C(C)(C)C(=O)O. The number of carboxylic acid groups (broad SMARTS) is 1. The van der Waals surface area contributed by atoms with Gasteiger partial charge in [-0.1, -0.05) is 17.7 Å². The summed E-state index contributed by atoms with van der Waals surface area (Å²) in [5.41, 5.74) is 0.814. The van der Waals surface area contributed by atoms with Gasteiger partial charge in [-0.25, -0.2) is 0 Å². The van der Waals surface area contributed by atoms with Crippen molar-refractivity contribution in [3.8, 4) is 0 Å². The summed E-state index contributed by atoms with van der Waals surface area (Å²) in [6, 6.07) is 5.31. The molecule has 0 unspecified atom stereocenters. The maximum absolute atomic E-state index is 11.0. The Kier molecular flexibility index (Phi) is 2.86. The van der Waals surface area contributed by atoms with Crippen LogP contribution in [0.4, 0.5) is 0 Å². The maximum atomic E-state index is 11.0. The molecule has 76 valence electrons. The highest BCUT2D eigenvalue weighted by molar-refractivity contribution is 6.30. The van der Waals surface area contributed by atoms with Crippen molar-refractivity contribution < 1.29 is 9.90 Å². The van der Waals surface area contributed by atoms with Gasteiger partial charge in [0.05, 0.1) is 5.41 Å². The summed E-state index contributed by atoms with van der Waals surface area (Å²) in [4.78, 5) is 11.0. The minimum atomic E-state index is -0.894. The van der Waals surface area contributed by atoms with Gasteiger partial charge >= 0.3 is 5.97 Å². The topological polar surface area (TPSA) is 37.3 Å². The second-order valence-corrected chi connectivity index (χ2v) is 4.33. The Labute approximate surface area is 88.5 Å². The van der Waals surface area contributed by atoms with Gasteiger partial charge in [0, 0.05) is 5.02 Å². The predicted molar refractivity (Wildman–Crippen MR) is 56.9 cm³/mol. The molecule has 0 saturated heterocycles. The molecule has 3 heteroatoms. The van der Waals surface area contributed by atoms with Crippen LogP contribution in [0, 0.1) is 6.92 Å². The molecule has 0 spiro atoms. The first kappa shape index (κ1) is 11.1. The minimum Gasteiger partial charge on any atom is -0.481 e. The van der Waals surface area contributed by atoms with Crippen LogP contribution in [0.2, 0.25) is 5.02 Å². The van der Waals surface area contributed by atoms with E-state index in [0.717, 1.165) is 11.1 Å². The number of aryl methyl sites for hydroxylation is 1. The van der Waals surface area contributed by atoms with Crippen LogP contribution in [0.1, 0.15) is 25.0 Å². The first-order valence-electron chi connectivity index (χ1n) is 4.35. The van der Waals surface area contributed by atoms with Gasteiger partial charge in [-0.05, 0) is 44.0 Å². The fourth-order valence-electron chi connectivity index (χ4n) is 1.38. The Hall–Kier alpha value is -1.02. The first-order valence-corrected chi connectivity index (χ1v) is 4.73. The lowest BCUT2D eigenvalue weighted by Crippen LogP contribution is -2.29. The van der Waals surface area contributed by atoms with Gasteiger partial charge in [0.2, 0.25) is 0 Å². The summed E-state index contributed by atoms with van der Waals surface area (Å²) in [5, 5.41) is 9.64. The van der Waals surface area contributed by atoms with Crippen molar-refractivity contribution in [1.29, 1.82) is 0 Å². The van der Waals surface area contributed by atoms with Gasteiger partial charge in [-0.15, -0.1) is 0 Å². The Bertz CT molecular complexity index is 370. The second kappa shape index (κ2) is 3.62. The van der Waals surface area contributed by atoms with E-state index in [-0.39, 0.29) is 0 Å². The molecule has 2 nitrogen and oxygen atoms in total. The van der Waals surface area contributed by atoms with Crippen LogP contribution in [0.3, 0.4) is 0 Å². The van der Waals surface area contributed by atoms with Crippen LogP contribution in [-0.4, -0.2) is 11.1 Å². The van der Waals surface area contributed by atoms with E-state index >= 15 is 0 Å². The van der Waals surface area contributed by atoms with Gasteiger partial charge in [0.1, 0.15) is 0 Å². The van der Waals surface area contributed by atoms with E-state index in [4.69, 9.17) is 16.7 Å². The molecule has 0 aliphatic carbocycles. The molecular formula is C11H13ClO2. The smallest absolute Gasteiger partial charge is 0.313 e. The number of rotatable bonds is 2. The normalized spacial score (nSPS) is 11.4. The molecule has 0 atom stereocenters. The average Bonchev–Trinajstić information content (AvgIpc) is 2.08. The quantitative estimate of drug-likeness (QED) is 0.818. The molecule has 0 fully saturated rings. The van der Waals surface area contributed by atoms with Crippen LogP contribution in [0.15, 0.2) is 18.2 Å². The van der Waals surface area contributed by atoms with E-state index < -0.39 is 11.4 Å². The molecule has 14 heavy (non-hydrogen) atoms. The van der Waals surface area contributed by atoms with Crippen molar-refractivity contribution in [3.05, 3.63) is 34.3 Å². The van der Waals surface area contributed by atoms with E-state index in [1.807, 2.05) is 13.0 Å². The van der Waals surface area contributed by atoms with E-state index in [1.54, 1.807) is 26.0 Å². The Morgan fingerprint density at radius 3 is 2.50 bits per heavy atom. The zero-order valence-electron chi connectivity index (χ0n) is 8.47. The largest absolute Gasteiger partial charge is 0.481 e. The Morgan fingerprint density at radius 2 is 2.00 bits per heavy atom. The fraction of sp³-hybridized carbons (Fsp3) is 0.364. The summed E-state index contributed by atoms with van der Waals surface area (Å²) in [7, 11) is 0. The van der Waals surface area contributed by atoms with Crippen LogP contribution in [-0.2, 0) is 10.2 Å². The number of benzene rings is 1. The fourth-order valence-corrected chi connectivity index (χ4v) is 1.55. The van der Waals surface area contributed by atoms with E-state index in [9.17, 15) is 4.79 Å². The molecule has 0 aliphatic heterocycles. The summed E-state index contributed by atoms with van der Waals surface area (Å²) in [6.07, 6.45) is 0. The zero-order valence-corrected chi connectivity index (χ0v) is 9.22. The van der Waals surface area contributed by atoms with Crippen molar-refractivity contribution in [2.75, 3.05) is 0 Å². The van der Waals surface area contributed by atoms with Crippen molar-refractivity contribution in [3.63, 3.8) is 0 Å². The molecule has 0 aromatic heterocycles. The summed E-state index contributed by atoms with van der Waals surface area (Å²) in [5.74, 6) is -0.845. The molecule has 0 heterocycles. The molecule has 0 saturated carbocycles. The molecule has 0 aliphatic rings. The third-order valence-corrected chi connectivity index (χ3v) is 2.64. The third-order valence-electron chi connectivity index (χ3n) is 2.41. The minimum absolute atomic E-state index is 0.569. The molecule has 1 N–H and O–H groups in total. The van der Waals surface area contributed by atoms with Crippen LogP contribution < -0.4 is 0 Å². The number of aliphatic carboxylic acids is 1. The summed E-state index contributed by atoms with van der Waals surface area (Å²) < 4.78 is 0. The van der Waals surface area contributed by atoms with Gasteiger partial charge < -0.3 is 5.11 Å². The van der Waals surface area contributed by atoms with Crippen molar-refractivity contribution in [1.82, 2.24) is 0 Å². The molecule has 1 aromatic carbocycles. The number of hydrogen-bond acceptors (Lipinski definition) is 1. The third kappa shape index (κ3) is 1.90. The van der Waals surface area contributed by atoms with E-state index in [1.165, 1.54) is 0 Å². The van der Waals surface area contributed by atoms with Crippen molar-refractivity contribution >= 4 is 17.6 Å².